The molecule has 0 bridgehead atoms. The molecule has 0 fully saturated rings. The van der Waals surface area contributed by atoms with E-state index in [2.05, 4.69) is 5.32 Å². The van der Waals surface area contributed by atoms with Crippen LogP contribution in [-0.4, -0.2) is 33.4 Å². The van der Waals surface area contributed by atoms with Crippen molar-refractivity contribution in [1.29, 1.82) is 0 Å². The van der Waals surface area contributed by atoms with Crippen molar-refractivity contribution in [2.45, 2.75) is 32.1 Å². The molecule has 0 aliphatic heterocycles. The van der Waals surface area contributed by atoms with Gasteiger partial charge < -0.3 is 14.2 Å². The van der Waals surface area contributed by atoms with Gasteiger partial charge in [0.2, 0.25) is 0 Å². The Hall–Kier alpha value is -2.87. The van der Waals surface area contributed by atoms with Crippen molar-refractivity contribution < 1.29 is 26.9 Å². The monoisotopic (exact) mass is 405 g/mol. The molecule has 1 N–H and O–H groups in total. The Morgan fingerprint density at radius 1 is 1.07 bits per heavy atom. The van der Waals surface area contributed by atoms with Crippen LogP contribution < -0.4 is 9.50 Å². The summed E-state index contributed by atoms with van der Waals surface area (Å²) >= 11 is 0. The lowest BCUT2D eigenvalue weighted by Crippen LogP contribution is -2.29. The van der Waals surface area contributed by atoms with Crippen molar-refractivity contribution in [3.63, 3.8) is 0 Å². The van der Waals surface area contributed by atoms with E-state index in [1.807, 2.05) is 6.92 Å². The molecule has 1 amide bonds. The van der Waals surface area contributed by atoms with E-state index in [-0.39, 0.29) is 16.2 Å². The third-order valence-electron chi connectivity index (χ3n) is 3.83. The molecule has 150 valence electrons. The zero-order valence-electron chi connectivity index (χ0n) is 16.0. The smallest absolute Gasteiger partial charge is 0.342 e. The van der Waals surface area contributed by atoms with Crippen molar-refractivity contribution >= 4 is 22.0 Å². The van der Waals surface area contributed by atoms with Crippen LogP contribution in [0.3, 0.4) is 0 Å². The summed E-state index contributed by atoms with van der Waals surface area (Å²) < 4.78 is 35.6. The minimum absolute atomic E-state index is 0.0228. The number of esters is 1. The molecule has 0 aliphatic carbocycles. The van der Waals surface area contributed by atoms with E-state index in [0.717, 1.165) is 12.0 Å². The maximum atomic E-state index is 12.7. The normalized spacial score (nSPS) is 11.0. The second-order valence-electron chi connectivity index (χ2n) is 6.23. The summed E-state index contributed by atoms with van der Waals surface area (Å²) in [5, 5.41) is 2.58. The number of carbonyl (C=O) groups excluding carboxylic acids is 2. The molecule has 2 aromatic rings. The number of hydrogen-bond donors (Lipinski definition) is 1. The quantitative estimate of drug-likeness (QED) is 0.536. The molecule has 0 radical (unpaired) electrons. The molecule has 0 saturated heterocycles. The average molecular weight is 405 g/mol. The summed E-state index contributed by atoms with van der Waals surface area (Å²) in [5.41, 5.74) is 1.21. The third kappa shape index (κ3) is 5.56. The Morgan fingerprint density at radius 2 is 1.79 bits per heavy atom. The molecule has 2 rings (SSSR count). The van der Waals surface area contributed by atoms with Crippen molar-refractivity contribution in [1.82, 2.24) is 5.32 Å². The largest absolute Gasteiger partial charge is 0.452 e. The number of benzene rings is 2. The lowest BCUT2D eigenvalue weighted by Gasteiger charge is -2.13. The van der Waals surface area contributed by atoms with Crippen LogP contribution in [0.15, 0.2) is 47.4 Å². The number of nitrogens with one attached hydrogen (secondary N) is 1. The molecule has 0 saturated carbocycles. The van der Waals surface area contributed by atoms with Crippen LogP contribution in [0.4, 0.5) is 0 Å². The molecule has 0 aromatic heterocycles. The zero-order chi connectivity index (χ0) is 20.7. The number of hydrogen-bond acceptors (Lipinski definition) is 6. The lowest BCUT2D eigenvalue weighted by atomic mass is 10.2. The van der Waals surface area contributed by atoms with Crippen LogP contribution in [0.1, 0.15) is 34.8 Å². The van der Waals surface area contributed by atoms with Crippen LogP contribution in [0.2, 0.25) is 0 Å². The molecular formula is C20H23NO6S. The first kappa shape index (κ1) is 21.4. The van der Waals surface area contributed by atoms with Crippen molar-refractivity contribution in [3.05, 3.63) is 59.2 Å². The van der Waals surface area contributed by atoms with Gasteiger partial charge in [0.25, 0.3) is 5.91 Å². The number of carbonyl (C=O) groups is 2. The number of amides is 1. The van der Waals surface area contributed by atoms with Gasteiger partial charge >= 0.3 is 16.1 Å². The fourth-order valence-corrected chi connectivity index (χ4v) is 3.64. The van der Waals surface area contributed by atoms with E-state index >= 15 is 0 Å². The summed E-state index contributed by atoms with van der Waals surface area (Å²) in [6.07, 6.45) is 0.757. The van der Waals surface area contributed by atoms with Crippen LogP contribution >= 0.6 is 0 Å². The van der Waals surface area contributed by atoms with Crippen LogP contribution in [0.5, 0.6) is 5.75 Å². The highest BCUT2D eigenvalue weighted by Gasteiger charge is 2.23. The predicted molar refractivity (Wildman–Crippen MR) is 104 cm³/mol. The summed E-state index contributed by atoms with van der Waals surface area (Å²) in [5.74, 6) is -1.45. The van der Waals surface area contributed by atoms with E-state index in [1.54, 1.807) is 38.1 Å². The van der Waals surface area contributed by atoms with Crippen molar-refractivity contribution in [2.75, 3.05) is 13.2 Å². The molecule has 2 aromatic carbocycles. The van der Waals surface area contributed by atoms with E-state index in [0.29, 0.717) is 12.1 Å². The summed E-state index contributed by atoms with van der Waals surface area (Å²) in [6, 6.07) is 10.8. The van der Waals surface area contributed by atoms with Gasteiger partial charge in [0, 0.05) is 6.54 Å². The molecule has 8 heteroatoms. The van der Waals surface area contributed by atoms with Gasteiger partial charge in [-0.15, -0.1) is 0 Å². The lowest BCUT2D eigenvalue weighted by molar-refractivity contribution is -0.124. The number of ether oxygens (including phenoxy) is 1. The molecule has 0 heterocycles. The Morgan fingerprint density at radius 3 is 2.50 bits per heavy atom. The van der Waals surface area contributed by atoms with Crippen LogP contribution in [0, 0.1) is 13.8 Å². The van der Waals surface area contributed by atoms with E-state index in [4.69, 9.17) is 8.92 Å². The fourth-order valence-electron chi connectivity index (χ4n) is 2.37. The predicted octanol–water partition coefficient (Wildman–Crippen LogP) is 2.75. The maximum Gasteiger partial charge on any atom is 0.342 e. The number of aryl methyl sites for hydroxylation is 2. The summed E-state index contributed by atoms with van der Waals surface area (Å²) in [4.78, 5) is 23.9. The summed E-state index contributed by atoms with van der Waals surface area (Å²) in [6.45, 7) is 5.34. The van der Waals surface area contributed by atoms with Gasteiger partial charge in [-0.25, -0.2) is 4.79 Å². The molecule has 0 spiro atoms. The first-order valence-corrected chi connectivity index (χ1v) is 10.2. The SMILES string of the molecule is CCCNC(=O)COC(=O)c1ccccc1OS(=O)(=O)c1cc(C)ccc1C. The Bertz CT molecular complexity index is 968. The Labute approximate surface area is 164 Å². The number of para-hydroxylation sites is 1. The molecule has 0 aliphatic rings. The van der Waals surface area contributed by atoms with Gasteiger partial charge in [0.15, 0.2) is 12.4 Å². The van der Waals surface area contributed by atoms with Gasteiger partial charge in [-0.1, -0.05) is 31.2 Å². The molecule has 28 heavy (non-hydrogen) atoms. The van der Waals surface area contributed by atoms with Crippen LogP contribution in [-0.2, 0) is 19.6 Å². The van der Waals surface area contributed by atoms with E-state index in [9.17, 15) is 18.0 Å². The average Bonchev–Trinajstić information content (AvgIpc) is 2.66. The zero-order valence-corrected chi connectivity index (χ0v) is 16.8. The highest BCUT2D eigenvalue weighted by Crippen LogP contribution is 2.25. The molecule has 0 atom stereocenters. The van der Waals surface area contributed by atoms with Gasteiger partial charge in [0.05, 0.1) is 0 Å². The third-order valence-corrected chi connectivity index (χ3v) is 5.20. The minimum atomic E-state index is -4.15. The first-order chi connectivity index (χ1) is 13.2. The Kier molecular flexibility index (Phi) is 7.17. The van der Waals surface area contributed by atoms with Gasteiger partial charge in [-0.05, 0) is 49.6 Å². The minimum Gasteiger partial charge on any atom is -0.452 e. The van der Waals surface area contributed by atoms with Gasteiger partial charge in [-0.3, -0.25) is 4.79 Å². The molecule has 7 nitrogen and oxygen atoms in total. The van der Waals surface area contributed by atoms with Crippen molar-refractivity contribution in [2.24, 2.45) is 0 Å². The summed E-state index contributed by atoms with van der Waals surface area (Å²) in [7, 11) is -4.15. The van der Waals surface area contributed by atoms with Gasteiger partial charge in [-0.2, -0.15) is 8.42 Å². The van der Waals surface area contributed by atoms with Crippen LogP contribution in [0.25, 0.3) is 0 Å². The first-order valence-electron chi connectivity index (χ1n) is 8.79. The highest BCUT2D eigenvalue weighted by molar-refractivity contribution is 7.87. The Balaban J connectivity index is 2.20. The molecular weight excluding hydrogens is 382 g/mol. The highest BCUT2D eigenvalue weighted by atomic mass is 32.2. The van der Waals surface area contributed by atoms with E-state index < -0.39 is 28.6 Å². The standard InChI is InChI=1S/C20H23NO6S/c1-4-11-21-19(22)13-26-20(23)16-7-5-6-8-17(16)27-28(24,25)18-12-14(2)9-10-15(18)3/h5-10,12H,4,11,13H2,1-3H3,(H,21,22). The molecule has 0 unspecified atom stereocenters. The van der Waals surface area contributed by atoms with E-state index in [1.165, 1.54) is 18.2 Å². The number of rotatable bonds is 8. The van der Waals surface area contributed by atoms with Gasteiger partial charge in [0.1, 0.15) is 10.5 Å². The second kappa shape index (κ2) is 9.36. The topological polar surface area (TPSA) is 98.8 Å². The maximum absolute atomic E-state index is 12.7. The van der Waals surface area contributed by atoms with Crippen molar-refractivity contribution in [3.8, 4) is 5.75 Å². The fraction of sp³-hybridized carbons (Fsp3) is 0.300. The second-order valence-corrected chi connectivity index (χ2v) is 7.74.